The van der Waals surface area contributed by atoms with Gasteiger partial charge in [-0.15, -0.1) is 0 Å². The zero-order valence-corrected chi connectivity index (χ0v) is 13.9. The number of alkyl halides is 2. The second-order valence-electron chi connectivity index (χ2n) is 7.31. The normalized spacial score (nSPS) is 30.8. The first kappa shape index (κ1) is 16.7. The summed E-state index contributed by atoms with van der Waals surface area (Å²) in [5, 5.41) is 0. The maximum absolute atomic E-state index is 13.0. The van der Waals surface area contributed by atoms with Gasteiger partial charge in [0, 0.05) is 50.0 Å². The second kappa shape index (κ2) is 6.52. The number of rotatable bonds is 5. The lowest BCUT2D eigenvalue weighted by atomic mass is 9.80. The molecule has 1 aromatic rings. The Morgan fingerprint density at radius 1 is 1.36 bits per heavy atom. The standard InChI is InChI=1S/C18H22F2N2O3/c19-18(20)7-13(8-18)17(23)22-9-14-12(11-25-15(14)10-22)4-6-24-16-3-1-2-5-21-16/h1-3,5,12-15H,4,6-11H2/t12-,14-,15-/m0/s1. The number of carbonyl (C=O) groups excluding carboxylic acids is 1. The lowest BCUT2D eigenvalue weighted by molar-refractivity contribution is -0.159. The van der Waals surface area contributed by atoms with Crippen molar-refractivity contribution in [1.82, 2.24) is 9.88 Å². The number of likely N-dealkylation sites (tertiary alicyclic amines) is 1. The molecule has 3 aliphatic rings. The van der Waals surface area contributed by atoms with Crippen molar-refractivity contribution in [2.24, 2.45) is 17.8 Å². The molecule has 0 radical (unpaired) electrons. The molecule has 3 heterocycles. The molecule has 1 aliphatic carbocycles. The van der Waals surface area contributed by atoms with Crippen molar-refractivity contribution in [2.45, 2.75) is 31.3 Å². The number of aromatic nitrogens is 1. The van der Waals surface area contributed by atoms with Crippen molar-refractivity contribution in [1.29, 1.82) is 0 Å². The van der Waals surface area contributed by atoms with Crippen LogP contribution in [0.2, 0.25) is 0 Å². The maximum Gasteiger partial charge on any atom is 0.249 e. The molecule has 136 valence electrons. The number of carbonyl (C=O) groups is 1. The smallest absolute Gasteiger partial charge is 0.249 e. The van der Waals surface area contributed by atoms with Crippen LogP contribution < -0.4 is 4.74 Å². The summed E-state index contributed by atoms with van der Waals surface area (Å²) >= 11 is 0. The number of hydrogen-bond donors (Lipinski definition) is 0. The van der Waals surface area contributed by atoms with Gasteiger partial charge in [-0.05, 0) is 18.4 Å². The number of hydrogen-bond acceptors (Lipinski definition) is 4. The minimum Gasteiger partial charge on any atom is -0.478 e. The summed E-state index contributed by atoms with van der Waals surface area (Å²) < 4.78 is 37.5. The van der Waals surface area contributed by atoms with Crippen molar-refractivity contribution in [2.75, 3.05) is 26.3 Å². The Morgan fingerprint density at radius 3 is 2.92 bits per heavy atom. The lowest BCUT2D eigenvalue weighted by Crippen LogP contribution is -2.46. The summed E-state index contributed by atoms with van der Waals surface area (Å²) in [7, 11) is 0. The molecule has 1 amide bonds. The van der Waals surface area contributed by atoms with Gasteiger partial charge in [0.1, 0.15) is 0 Å². The van der Waals surface area contributed by atoms with Gasteiger partial charge in [-0.1, -0.05) is 6.07 Å². The Bertz CT molecular complexity index is 620. The van der Waals surface area contributed by atoms with Gasteiger partial charge in [-0.2, -0.15) is 0 Å². The third-order valence-electron chi connectivity index (χ3n) is 5.57. The molecule has 1 saturated carbocycles. The van der Waals surface area contributed by atoms with E-state index in [1.165, 1.54) is 0 Å². The summed E-state index contributed by atoms with van der Waals surface area (Å²) in [6.07, 6.45) is 1.94. The van der Waals surface area contributed by atoms with Crippen molar-refractivity contribution >= 4 is 5.91 Å². The molecule has 2 aliphatic heterocycles. The lowest BCUT2D eigenvalue weighted by Gasteiger charge is -2.36. The van der Waals surface area contributed by atoms with Gasteiger partial charge < -0.3 is 14.4 Å². The van der Waals surface area contributed by atoms with Crippen LogP contribution >= 0.6 is 0 Å². The molecule has 0 spiro atoms. The fourth-order valence-corrected chi connectivity index (χ4v) is 4.12. The van der Waals surface area contributed by atoms with E-state index in [2.05, 4.69) is 4.98 Å². The molecule has 1 aromatic heterocycles. The SMILES string of the molecule is O=C(C1CC(F)(F)C1)N1C[C@H]2[C@@H](CCOc3ccccn3)CO[C@H]2C1. The number of fused-ring (bicyclic) bond motifs is 1. The molecule has 4 rings (SSSR count). The van der Waals surface area contributed by atoms with Crippen LogP contribution in [0.5, 0.6) is 5.88 Å². The van der Waals surface area contributed by atoms with Gasteiger partial charge in [-0.3, -0.25) is 4.79 Å². The van der Waals surface area contributed by atoms with Crippen LogP contribution in [-0.2, 0) is 9.53 Å². The van der Waals surface area contributed by atoms with Gasteiger partial charge in [0.05, 0.1) is 19.3 Å². The summed E-state index contributed by atoms with van der Waals surface area (Å²) in [6.45, 7) is 2.37. The third kappa shape index (κ3) is 3.47. The molecule has 3 fully saturated rings. The molecular formula is C18H22F2N2O3. The number of amides is 1. The molecule has 2 saturated heterocycles. The molecule has 0 N–H and O–H groups in total. The first-order valence-electron chi connectivity index (χ1n) is 8.84. The molecule has 7 heteroatoms. The van der Waals surface area contributed by atoms with E-state index in [0.29, 0.717) is 38.1 Å². The molecule has 25 heavy (non-hydrogen) atoms. The van der Waals surface area contributed by atoms with Gasteiger partial charge in [0.15, 0.2) is 0 Å². The number of pyridine rings is 1. The monoisotopic (exact) mass is 352 g/mol. The van der Waals surface area contributed by atoms with Gasteiger partial charge in [0.25, 0.3) is 0 Å². The summed E-state index contributed by atoms with van der Waals surface area (Å²) in [4.78, 5) is 18.2. The van der Waals surface area contributed by atoms with Crippen molar-refractivity contribution in [3.8, 4) is 5.88 Å². The van der Waals surface area contributed by atoms with Crippen LogP contribution in [0.15, 0.2) is 24.4 Å². The topological polar surface area (TPSA) is 51.7 Å². The molecule has 0 unspecified atom stereocenters. The predicted molar refractivity (Wildman–Crippen MR) is 85.3 cm³/mol. The van der Waals surface area contributed by atoms with Gasteiger partial charge in [-0.25, -0.2) is 13.8 Å². The fourth-order valence-electron chi connectivity index (χ4n) is 4.12. The molecule has 3 atom stereocenters. The predicted octanol–water partition coefficient (Wildman–Crippen LogP) is 2.37. The highest BCUT2D eigenvalue weighted by molar-refractivity contribution is 5.80. The molecular weight excluding hydrogens is 330 g/mol. The first-order chi connectivity index (χ1) is 12.0. The number of halogens is 2. The highest BCUT2D eigenvalue weighted by atomic mass is 19.3. The summed E-state index contributed by atoms with van der Waals surface area (Å²) in [5.41, 5.74) is 0. The maximum atomic E-state index is 13.0. The van der Waals surface area contributed by atoms with Crippen molar-refractivity contribution in [3.63, 3.8) is 0 Å². The fraction of sp³-hybridized carbons (Fsp3) is 0.667. The van der Waals surface area contributed by atoms with Crippen LogP contribution in [0.1, 0.15) is 19.3 Å². The van der Waals surface area contributed by atoms with Crippen molar-refractivity contribution < 1.29 is 23.0 Å². The second-order valence-corrected chi connectivity index (χ2v) is 7.31. The van der Waals surface area contributed by atoms with E-state index in [9.17, 15) is 13.6 Å². The highest BCUT2D eigenvalue weighted by Gasteiger charge is 2.52. The number of nitrogens with zero attached hydrogens (tertiary/aromatic N) is 2. The van der Waals surface area contributed by atoms with Crippen molar-refractivity contribution in [3.05, 3.63) is 24.4 Å². The van der Waals surface area contributed by atoms with Crippen LogP contribution in [0, 0.1) is 17.8 Å². The van der Waals surface area contributed by atoms with Crippen LogP contribution in [0.25, 0.3) is 0 Å². The minimum atomic E-state index is -2.65. The van der Waals surface area contributed by atoms with Crippen LogP contribution in [0.4, 0.5) is 8.78 Å². The Kier molecular flexibility index (Phi) is 4.35. The molecule has 0 aromatic carbocycles. The van der Waals surface area contributed by atoms with Gasteiger partial charge >= 0.3 is 0 Å². The minimum absolute atomic E-state index is 0.0318. The van der Waals surface area contributed by atoms with E-state index < -0.39 is 11.8 Å². The molecule has 5 nitrogen and oxygen atoms in total. The Balaban J connectivity index is 1.26. The Hall–Kier alpha value is -1.76. The van der Waals surface area contributed by atoms with E-state index in [1.54, 1.807) is 11.1 Å². The average Bonchev–Trinajstić information content (AvgIpc) is 3.14. The average molecular weight is 352 g/mol. The van der Waals surface area contributed by atoms with E-state index in [-0.39, 0.29) is 30.8 Å². The zero-order chi connectivity index (χ0) is 17.4. The summed E-state index contributed by atoms with van der Waals surface area (Å²) in [5.74, 6) is -2.09. The van der Waals surface area contributed by atoms with Crippen LogP contribution in [0.3, 0.4) is 0 Å². The Labute approximate surface area is 145 Å². The van der Waals surface area contributed by atoms with E-state index >= 15 is 0 Å². The number of ether oxygens (including phenoxy) is 2. The van der Waals surface area contributed by atoms with Gasteiger partial charge in [0.2, 0.25) is 17.7 Å². The van der Waals surface area contributed by atoms with E-state index in [1.807, 2.05) is 18.2 Å². The highest BCUT2D eigenvalue weighted by Crippen LogP contribution is 2.44. The van der Waals surface area contributed by atoms with Crippen LogP contribution in [-0.4, -0.2) is 54.1 Å². The summed E-state index contributed by atoms with van der Waals surface area (Å²) in [6, 6.07) is 5.53. The quantitative estimate of drug-likeness (QED) is 0.816. The first-order valence-corrected chi connectivity index (χ1v) is 8.84. The molecule has 0 bridgehead atoms. The van der Waals surface area contributed by atoms with E-state index in [4.69, 9.17) is 9.47 Å². The third-order valence-corrected chi connectivity index (χ3v) is 5.57. The Morgan fingerprint density at radius 2 is 2.20 bits per heavy atom. The zero-order valence-electron chi connectivity index (χ0n) is 13.9. The largest absolute Gasteiger partial charge is 0.478 e. The van der Waals surface area contributed by atoms with E-state index in [0.717, 1.165) is 6.42 Å².